The third kappa shape index (κ3) is 4.36. The minimum Gasteiger partial charge on any atom is -0.493 e. The highest BCUT2D eigenvalue weighted by Crippen LogP contribution is 2.30. The van der Waals surface area contributed by atoms with E-state index in [-0.39, 0.29) is 23.8 Å². The molecular formula is C17H13F2NO4S2. The fourth-order valence-corrected chi connectivity index (χ4v) is 3.70. The van der Waals surface area contributed by atoms with Gasteiger partial charge in [0.05, 0.1) is 12.0 Å². The van der Waals surface area contributed by atoms with Crippen molar-refractivity contribution < 1.29 is 27.8 Å². The summed E-state index contributed by atoms with van der Waals surface area (Å²) < 4.78 is 39.3. The third-order valence-corrected chi connectivity index (χ3v) is 5.14. The first kappa shape index (κ1) is 18.3. The van der Waals surface area contributed by atoms with Gasteiger partial charge >= 0.3 is 12.6 Å². The first-order valence-electron chi connectivity index (χ1n) is 7.35. The molecule has 5 nitrogen and oxygen atoms in total. The van der Waals surface area contributed by atoms with Crippen LogP contribution in [0.3, 0.4) is 0 Å². The predicted octanol–water partition coefficient (Wildman–Crippen LogP) is 4.84. The molecule has 0 aliphatic rings. The molecule has 0 amide bonds. The van der Waals surface area contributed by atoms with Gasteiger partial charge in [0, 0.05) is 5.38 Å². The van der Waals surface area contributed by atoms with Crippen LogP contribution in [0, 0.1) is 0 Å². The number of halogens is 2. The summed E-state index contributed by atoms with van der Waals surface area (Å²) in [4.78, 5) is 17.4. The Balaban J connectivity index is 1.64. The molecule has 0 N–H and O–H groups in total. The monoisotopic (exact) mass is 397 g/mol. The molecule has 0 radical (unpaired) electrons. The Kier molecular flexibility index (Phi) is 5.79. The standard InChI is InChI=1S/C17H13F2NO4S2/c1-22-13-7-10(4-5-12(13)24-17(18)19)8-23-16(21)11-9-26-15(20-11)14-3-2-6-25-14/h2-7,9,17H,8H2,1H3. The third-order valence-electron chi connectivity index (χ3n) is 3.26. The first-order valence-corrected chi connectivity index (χ1v) is 9.11. The number of rotatable bonds is 7. The molecule has 3 rings (SSSR count). The summed E-state index contributed by atoms with van der Waals surface area (Å²) in [7, 11) is 1.34. The molecular weight excluding hydrogens is 384 g/mol. The molecule has 0 atom stereocenters. The van der Waals surface area contributed by atoms with Crippen molar-refractivity contribution in [1.29, 1.82) is 0 Å². The summed E-state index contributed by atoms with van der Waals surface area (Å²) in [5, 5.41) is 4.32. The molecule has 0 fully saturated rings. The van der Waals surface area contributed by atoms with E-state index in [0.29, 0.717) is 5.56 Å². The van der Waals surface area contributed by atoms with Crippen LogP contribution in [0.2, 0.25) is 0 Å². The summed E-state index contributed by atoms with van der Waals surface area (Å²) in [6.45, 7) is -2.99. The van der Waals surface area contributed by atoms with Crippen molar-refractivity contribution in [2.75, 3.05) is 7.11 Å². The van der Waals surface area contributed by atoms with Crippen molar-refractivity contribution in [3.8, 4) is 21.4 Å². The molecule has 0 aliphatic heterocycles. The normalized spacial score (nSPS) is 10.8. The van der Waals surface area contributed by atoms with Crippen molar-refractivity contribution in [2.45, 2.75) is 13.2 Å². The Morgan fingerprint density at radius 3 is 2.77 bits per heavy atom. The molecule has 0 bridgehead atoms. The van der Waals surface area contributed by atoms with Gasteiger partial charge in [-0.05, 0) is 29.1 Å². The summed E-state index contributed by atoms with van der Waals surface area (Å²) in [6, 6.07) is 8.17. The van der Waals surface area contributed by atoms with E-state index in [2.05, 4.69) is 9.72 Å². The van der Waals surface area contributed by atoms with Crippen molar-refractivity contribution in [2.24, 2.45) is 0 Å². The molecule has 26 heavy (non-hydrogen) atoms. The molecule has 0 spiro atoms. The number of methoxy groups -OCH3 is 1. The van der Waals surface area contributed by atoms with Crippen LogP contribution < -0.4 is 9.47 Å². The highest BCUT2D eigenvalue weighted by molar-refractivity contribution is 7.20. The van der Waals surface area contributed by atoms with E-state index in [1.807, 2.05) is 17.5 Å². The second-order valence-electron chi connectivity index (χ2n) is 4.96. The highest BCUT2D eigenvalue weighted by Gasteiger charge is 2.15. The number of aromatic nitrogens is 1. The lowest BCUT2D eigenvalue weighted by atomic mass is 10.2. The summed E-state index contributed by atoms with van der Waals surface area (Å²) in [5.41, 5.74) is 0.800. The number of hydrogen-bond acceptors (Lipinski definition) is 7. The van der Waals surface area contributed by atoms with Crippen LogP contribution in [0.4, 0.5) is 8.78 Å². The minimum atomic E-state index is -2.95. The number of alkyl halides is 2. The van der Waals surface area contributed by atoms with Crippen molar-refractivity contribution in [3.05, 3.63) is 52.3 Å². The van der Waals surface area contributed by atoms with E-state index >= 15 is 0 Å². The molecule has 2 aromatic heterocycles. The van der Waals surface area contributed by atoms with Gasteiger partial charge in [-0.25, -0.2) is 9.78 Å². The van der Waals surface area contributed by atoms with Gasteiger partial charge in [-0.2, -0.15) is 8.78 Å². The number of thiophene rings is 1. The maximum absolute atomic E-state index is 12.3. The van der Waals surface area contributed by atoms with E-state index in [1.165, 1.54) is 48.0 Å². The molecule has 2 heterocycles. The second kappa shape index (κ2) is 8.24. The Morgan fingerprint density at radius 2 is 2.08 bits per heavy atom. The Bertz CT molecular complexity index is 881. The first-order chi connectivity index (χ1) is 12.6. The highest BCUT2D eigenvalue weighted by atomic mass is 32.1. The van der Waals surface area contributed by atoms with Crippen LogP contribution in [0.25, 0.3) is 9.88 Å². The molecule has 9 heteroatoms. The zero-order valence-electron chi connectivity index (χ0n) is 13.5. The zero-order valence-corrected chi connectivity index (χ0v) is 15.1. The lowest BCUT2D eigenvalue weighted by molar-refractivity contribution is -0.0512. The van der Waals surface area contributed by atoms with Crippen LogP contribution in [-0.2, 0) is 11.3 Å². The molecule has 3 aromatic rings. The van der Waals surface area contributed by atoms with E-state index in [1.54, 1.807) is 5.38 Å². The number of carbonyl (C=O) groups is 1. The van der Waals surface area contributed by atoms with Crippen LogP contribution in [0.15, 0.2) is 41.1 Å². The molecule has 1 aromatic carbocycles. The van der Waals surface area contributed by atoms with Gasteiger partial charge in [-0.3, -0.25) is 0 Å². The van der Waals surface area contributed by atoms with Crippen LogP contribution >= 0.6 is 22.7 Å². The van der Waals surface area contributed by atoms with Crippen LogP contribution in [-0.4, -0.2) is 24.7 Å². The van der Waals surface area contributed by atoms with E-state index in [4.69, 9.17) is 9.47 Å². The fourth-order valence-electron chi connectivity index (χ4n) is 2.10. The Labute approximate surface area is 155 Å². The van der Waals surface area contributed by atoms with E-state index < -0.39 is 12.6 Å². The number of hydrogen-bond donors (Lipinski definition) is 0. The van der Waals surface area contributed by atoms with Crippen molar-refractivity contribution in [1.82, 2.24) is 4.98 Å². The van der Waals surface area contributed by atoms with Crippen molar-refractivity contribution in [3.63, 3.8) is 0 Å². The fraction of sp³-hybridized carbons (Fsp3) is 0.176. The average Bonchev–Trinajstić information content (AvgIpc) is 3.31. The van der Waals surface area contributed by atoms with E-state index in [9.17, 15) is 13.6 Å². The van der Waals surface area contributed by atoms with Gasteiger partial charge in [0.2, 0.25) is 0 Å². The van der Waals surface area contributed by atoms with Gasteiger partial charge in [-0.1, -0.05) is 12.1 Å². The van der Waals surface area contributed by atoms with Gasteiger partial charge in [0.1, 0.15) is 11.6 Å². The molecule has 136 valence electrons. The van der Waals surface area contributed by atoms with Gasteiger partial charge in [0.15, 0.2) is 17.2 Å². The molecule has 0 saturated carbocycles. The summed E-state index contributed by atoms with van der Waals surface area (Å²) in [5.74, 6) is -0.513. The number of esters is 1. The lowest BCUT2D eigenvalue weighted by Gasteiger charge is -2.11. The maximum Gasteiger partial charge on any atom is 0.387 e. The van der Waals surface area contributed by atoms with Crippen LogP contribution in [0.5, 0.6) is 11.5 Å². The number of thiazole rings is 1. The van der Waals surface area contributed by atoms with E-state index in [0.717, 1.165) is 9.88 Å². The predicted molar refractivity (Wildman–Crippen MR) is 94.2 cm³/mol. The number of benzene rings is 1. The SMILES string of the molecule is COc1cc(COC(=O)c2csc(-c3cccs3)n2)ccc1OC(F)F. The average molecular weight is 397 g/mol. The van der Waals surface area contributed by atoms with Gasteiger partial charge < -0.3 is 14.2 Å². The topological polar surface area (TPSA) is 57.7 Å². The summed E-state index contributed by atoms with van der Waals surface area (Å²) in [6.07, 6.45) is 0. The minimum absolute atomic E-state index is 0.0456. The lowest BCUT2D eigenvalue weighted by Crippen LogP contribution is -2.07. The number of carbonyl (C=O) groups excluding carboxylic acids is 1. The quantitative estimate of drug-likeness (QED) is 0.534. The molecule has 0 unspecified atom stereocenters. The number of nitrogens with zero attached hydrogens (tertiary/aromatic N) is 1. The molecule has 0 saturated heterocycles. The Morgan fingerprint density at radius 1 is 1.23 bits per heavy atom. The second-order valence-corrected chi connectivity index (χ2v) is 6.76. The molecule has 0 aliphatic carbocycles. The zero-order chi connectivity index (χ0) is 18.5. The van der Waals surface area contributed by atoms with Crippen molar-refractivity contribution >= 4 is 28.6 Å². The van der Waals surface area contributed by atoms with Gasteiger partial charge in [0.25, 0.3) is 0 Å². The van der Waals surface area contributed by atoms with Crippen LogP contribution in [0.1, 0.15) is 16.1 Å². The van der Waals surface area contributed by atoms with Gasteiger partial charge in [-0.15, -0.1) is 22.7 Å². The Hall–Kier alpha value is -2.52. The number of ether oxygens (including phenoxy) is 3. The summed E-state index contributed by atoms with van der Waals surface area (Å²) >= 11 is 2.90. The largest absolute Gasteiger partial charge is 0.493 e. The smallest absolute Gasteiger partial charge is 0.387 e. The maximum atomic E-state index is 12.3.